The van der Waals surface area contributed by atoms with Crippen molar-refractivity contribution in [2.75, 3.05) is 18.1 Å². The van der Waals surface area contributed by atoms with Gasteiger partial charge in [-0.2, -0.15) is 10.5 Å². The number of benzene rings is 2. The van der Waals surface area contributed by atoms with Crippen LogP contribution >= 0.6 is 0 Å². The number of para-hydroxylation sites is 1. The first kappa shape index (κ1) is 28.3. The molecule has 0 radical (unpaired) electrons. The summed E-state index contributed by atoms with van der Waals surface area (Å²) in [6, 6.07) is 20.0. The lowest BCUT2D eigenvalue weighted by atomic mass is 9.60. The van der Waals surface area contributed by atoms with Crippen molar-refractivity contribution in [3.8, 4) is 12.1 Å². The van der Waals surface area contributed by atoms with E-state index in [0.717, 1.165) is 5.56 Å². The number of nitrogens with zero attached hydrogens (tertiary/aromatic N) is 4. The molecule has 2 aliphatic rings. The predicted molar refractivity (Wildman–Crippen MR) is 147 cm³/mol. The molecule has 1 amide bonds. The summed E-state index contributed by atoms with van der Waals surface area (Å²) in [6.07, 6.45) is 0. The molecule has 1 spiro atoms. The summed E-state index contributed by atoms with van der Waals surface area (Å²) in [6.45, 7) is 8.33. The number of carbonyl (C=O) groups is 3. The summed E-state index contributed by atoms with van der Waals surface area (Å²) in [5.41, 5.74) is -5.16. The first-order valence-electron chi connectivity index (χ1n) is 13.0. The Hall–Kier alpha value is -4.76. The van der Waals surface area contributed by atoms with E-state index in [9.17, 15) is 24.9 Å². The van der Waals surface area contributed by atoms with Gasteiger partial charge in [-0.05, 0) is 51.8 Å². The zero-order chi connectivity index (χ0) is 29.3. The number of hydrogen-bond acceptors (Lipinski definition) is 8. The number of nitriles is 2. The van der Waals surface area contributed by atoms with Crippen LogP contribution in [0.3, 0.4) is 0 Å². The molecule has 0 fully saturated rings. The van der Waals surface area contributed by atoms with Crippen LogP contribution in [0.2, 0.25) is 0 Å². The highest BCUT2D eigenvalue weighted by Crippen LogP contribution is 2.62. The van der Waals surface area contributed by atoms with E-state index >= 15 is 0 Å². The van der Waals surface area contributed by atoms with Gasteiger partial charge in [-0.15, -0.1) is 0 Å². The fourth-order valence-electron chi connectivity index (χ4n) is 5.47. The highest BCUT2D eigenvalue weighted by molar-refractivity contribution is 6.36. The van der Waals surface area contributed by atoms with Crippen LogP contribution in [-0.4, -0.2) is 42.3 Å². The molecular weight excluding hydrogens is 508 g/mol. The molecule has 1 aliphatic carbocycles. The molecule has 1 atom stereocenters. The van der Waals surface area contributed by atoms with Gasteiger partial charge < -0.3 is 14.4 Å². The van der Waals surface area contributed by atoms with E-state index in [1.54, 1.807) is 58.9 Å². The summed E-state index contributed by atoms with van der Waals surface area (Å²) in [5, 5.41) is 21.7. The van der Waals surface area contributed by atoms with Crippen molar-refractivity contribution in [2.24, 2.45) is 10.4 Å². The van der Waals surface area contributed by atoms with E-state index < -0.39 is 39.8 Å². The number of hydrogen-bond donors (Lipinski definition) is 0. The number of rotatable bonds is 6. The zero-order valence-corrected chi connectivity index (χ0v) is 23.1. The molecule has 4 rings (SSSR count). The first-order chi connectivity index (χ1) is 19.0. The smallest absolute Gasteiger partial charge is 0.340 e. The van der Waals surface area contributed by atoms with Crippen molar-refractivity contribution < 1.29 is 23.9 Å². The normalized spacial score (nSPS) is 20.3. The SMILES string of the molecule is CCOC(=O)C1=C(C(=O)OCC)C2(C(=O)N(Cc3ccccc3)c3ccccc32)C(C#N)(C#N)C1=NC(C)(C)C. The third-order valence-corrected chi connectivity index (χ3v) is 6.87. The molecule has 0 N–H and O–H groups in total. The Labute approximate surface area is 233 Å². The van der Waals surface area contributed by atoms with E-state index in [2.05, 4.69) is 4.99 Å². The molecule has 0 bridgehead atoms. The summed E-state index contributed by atoms with van der Waals surface area (Å²) in [4.78, 5) is 48.4. The van der Waals surface area contributed by atoms with Crippen LogP contribution in [-0.2, 0) is 35.8 Å². The van der Waals surface area contributed by atoms with Crippen molar-refractivity contribution >= 4 is 29.2 Å². The molecule has 2 aromatic carbocycles. The lowest BCUT2D eigenvalue weighted by molar-refractivity contribution is -0.142. The second-order valence-corrected chi connectivity index (χ2v) is 10.4. The van der Waals surface area contributed by atoms with Gasteiger partial charge in [0.05, 0.1) is 54.3 Å². The number of ether oxygens (including phenoxy) is 2. The van der Waals surface area contributed by atoms with Gasteiger partial charge in [-0.3, -0.25) is 9.79 Å². The van der Waals surface area contributed by atoms with E-state index in [-0.39, 0.29) is 36.6 Å². The van der Waals surface area contributed by atoms with Crippen molar-refractivity contribution in [3.05, 3.63) is 76.9 Å². The zero-order valence-electron chi connectivity index (χ0n) is 23.1. The Morgan fingerprint density at radius 2 is 1.50 bits per heavy atom. The molecule has 0 saturated heterocycles. The second kappa shape index (κ2) is 10.4. The van der Waals surface area contributed by atoms with Crippen molar-refractivity contribution in [1.82, 2.24) is 0 Å². The average molecular weight is 539 g/mol. The minimum atomic E-state index is -2.39. The number of fused-ring (bicyclic) bond motifs is 2. The minimum Gasteiger partial charge on any atom is -0.463 e. The summed E-state index contributed by atoms with van der Waals surface area (Å²) >= 11 is 0. The quantitative estimate of drug-likeness (QED) is 0.504. The molecule has 204 valence electrons. The van der Waals surface area contributed by atoms with Gasteiger partial charge in [0, 0.05) is 5.69 Å². The maximum Gasteiger partial charge on any atom is 0.340 e. The van der Waals surface area contributed by atoms with E-state index in [1.807, 2.05) is 42.5 Å². The first-order valence-corrected chi connectivity index (χ1v) is 13.0. The van der Waals surface area contributed by atoms with Crippen molar-refractivity contribution in [1.29, 1.82) is 10.5 Å². The number of amides is 1. The molecule has 1 unspecified atom stereocenters. The van der Waals surface area contributed by atoms with Crippen molar-refractivity contribution in [2.45, 2.75) is 52.1 Å². The van der Waals surface area contributed by atoms with Gasteiger partial charge in [0.15, 0.2) is 0 Å². The molecule has 9 heteroatoms. The molecule has 0 saturated carbocycles. The van der Waals surface area contributed by atoms with Crippen LogP contribution < -0.4 is 4.90 Å². The third-order valence-electron chi connectivity index (χ3n) is 6.87. The second-order valence-electron chi connectivity index (χ2n) is 10.4. The molecule has 9 nitrogen and oxygen atoms in total. The fraction of sp³-hybridized carbons (Fsp3) is 0.355. The number of anilines is 1. The van der Waals surface area contributed by atoms with Crippen LogP contribution in [0.25, 0.3) is 0 Å². The Kier molecular flexibility index (Phi) is 7.36. The highest BCUT2D eigenvalue weighted by atomic mass is 16.5. The van der Waals surface area contributed by atoms with Crippen LogP contribution in [0.4, 0.5) is 5.69 Å². The number of carbonyl (C=O) groups excluding carboxylic acids is 3. The standard InChI is InChI=1S/C31H30N4O5/c1-6-39-26(36)23-24(27(37)40-7-2)31(30(18-32,19-33)25(23)34-29(3,4)5)21-15-11-12-16-22(21)35(28(31)38)17-20-13-9-8-10-14-20/h8-16H,6-7,17H2,1-5H3. The van der Waals surface area contributed by atoms with Crippen LogP contribution in [0.15, 0.2) is 70.7 Å². The van der Waals surface area contributed by atoms with E-state index in [1.165, 1.54) is 4.90 Å². The average Bonchev–Trinajstić information content (AvgIpc) is 3.31. The fourth-order valence-corrected chi connectivity index (χ4v) is 5.47. The Morgan fingerprint density at radius 3 is 2.08 bits per heavy atom. The third kappa shape index (κ3) is 4.06. The van der Waals surface area contributed by atoms with Gasteiger partial charge in [0.1, 0.15) is 5.41 Å². The maximum absolute atomic E-state index is 14.9. The number of aliphatic imine (C=N–C) groups is 1. The van der Waals surface area contributed by atoms with Crippen LogP contribution in [0.1, 0.15) is 45.7 Å². The largest absolute Gasteiger partial charge is 0.463 e. The topological polar surface area (TPSA) is 133 Å². The monoisotopic (exact) mass is 538 g/mol. The summed E-state index contributed by atoms with van der Waals surface area (Å²) in [7, 11) is 0. The number of esters is 2. The maximum atomic E-state index is 14.9. The Morgan fingerprint density at radius 1 is 0.925 bits per heavy atom. The molecular formula is C31H30N4O5. The molecule has 40 heavy (non-hydrogen) atoms. The molecule has 2 aromatic rings. The molecule has 1 aliphatic heterocycles. The van der Waals surface area contributed by atoms with Crippen LogP contribution in [0.5, 0.6) is 0 Å². The Bertz CT molecular complexity index is 1510. The van der Waals surface area contributed by atoms with Crippen molar-refractivity contribution in [3.63, 3.8) is 0 Å². The predicted octanol–water partition coefficient (Wildman–Crippen LogP) is 4.18. The van der Waals surface area contributed by atoms with Gasteiger partial charge in [-0.1, -0.05) is 48.5 Å². The van der Waals surface area contributed by atoms with E-state index in [4.69, 9.17) is 9.47 Å². The summed E-state index contributed by atoms with van der Waals surface area (Å²) in [5.74, 6) is -2.67. The van der Waals surface area contributed by atoms with Gasteiger partial charge in [-0.25, -0.2) is 9.59 Å². The lowest BCUT2D eigenvalue weighted by Gasteiger charge is -2.34. The highest BCUT2D eigenvalue weighted by Gasteiger charge is 2.76. The van der Waals surface area contributed by atoms with Gasteiger partial charge >= 0.3 is 11.9 Å². The summed E-state index contributed by atoms with van der Waals surface area (Å²) < 4.78 is 10.7. The lowest BCUT2D eigenvalue weighted by Crippen LogP contribution is -2.54. The van der Waals surface area contributed by atoms with E-state index in [0.29, 0.717) is 5.69 Å². The molecule has 0 aromatic heterocycles. The van der Waals surface area contributed by atoms with Gasteiger partial charge in [0.25, 0.3) is 0 Å². The minimum absolute atomic E-state index is 0.0506. The van der Waals surface area contributed by atoms with Gasteiger partial charge in [0.2, 0.25) is 11.3 Å². The molecule has 1 heterocycles. The van der Waals surface area contributed by atoms with Crippen LogP contribution in [0, 0.1) is 28.1 Å². The Balaban J connectivity index is 2.20.